The molecule has 4 nitrogen and oxygen atoms in total. The van der Waals surface area contributed by atoms with Crippen LogP contribution in [0.4, 0.5) is 4.39 Å². The lowest BCUT2D eigenvalue weighted by Crippen LogP contribution is -1.94. The molecular weight excluding hydrogens is 249 g/mol. The van der Waals surface area contributed by atoms with Gasteiger partial charge in [-0.1, -0.05) is 17.3 Å². The molecule has 1 aromatic carbocycles. The smallest absolute Gasteiger partial charge is 0.358 e. The number of carbonyl (C=O) groups is 1. The number of oxime groups is 1. The Hall–Kier alpha value is -2.69. The van der Waals surface area contributed by atoms with Crippen molar-refractivity contribution in [3.63, 3.8) is 0 Å². The molecule has 0 N–H and O–H groups in total. The lowest BCUT2D eigenvalue weighted by atomic mass is 10.2. The van der Waals surface area contributed by atoms with Crippen LogP contribution in [0.2, 0.25) is 0 Å². The van der Waals surface area contributed by atoms with E-state index in [0.717, 1.165) is 0 Å². The molecule has 0 saturated heterocycles. The van der Waals surface area contributed by atoms with Gasteiger partial charge in [-0.15, -0.1) is 0 Å². The van der Waals surface area contributed by atoms with Crippen molar-refractivity contribution in [3.8, 4) is 0 Å². The molecule has 0 saturated carbocycles. The summed E-state index contributed by atoms with van der Waals surface area (Å²) in [6, 6.07) is 7.39. The minimum Gasteiger partial charge on any atom is -0.472 e. The van der Waals surface area contributed by atoms with Crippen LogP contribution < -0.4 is 0 Å². The van der Waals surface area contributed by atoms with Crippen LogP contribution in [-0.4, -0.2) is 12.2 Å². The Labute approximate surface area is 108 Å². The number of benzene rings is 1. The van der Waals surface area contributed by atoms with Gasteiger partial charge in [0.05, 0.1) is 18.7 Å². The van der Waals surface area contributed by atoms with Crippen LogP contribution in [0.25, 0.3) is 6.08 Å². The molecule has 0 amide bonds. The van der Waals surface area contributed by atoms with Gasteiger partial charge in [0.1, 0.15) is 5.82 Å². The van der Waals surface area contributed by atoms with Crippen molar-refractivity contribution >= 4 is 18.3 Å². The molecule has 0 unspecified atom stereocenters. The van der Waals surface area contributed by atoms with Gasteiger partial charge in [0.25, 0.3) is 0 Å². The van der Waals surface area contributed by atoms with E-state index in [9.17, 15) is 9.18 Å². The molecule has 0 spiro atoms. The maximum atomic E-state index is 12.6. The lowest BCUT2D eigenvalue weighted by Gasteiger charge is -1.92. The minimum absolute atomic E-state index is 0.329. The highest BCUT2D eigenvalue weighted by Crippen LogP contribution is 2.04. The molecule has 1 aromatic heterocycles. The second-order valence-electron chi connectivity index (χ2n) is 3.59. The van der Waals surface area contributed by atoms with Gasteiger partial charge in [-0.05, 0) is 29.8 Å². The number of furan rings is 1. The van der Waals surface area contributed by atoms with Gasteiger partial charge in [0, 0.05) is 11.6 Å². The van der Waals surface area contributed by atoms with Crippen molar-refractivity contribution in [2.75, 3.05) is 0 Å². The molecule has 0 atom stereocenters. The molecule has 0 aliphatic heterocycles. The van der Waals surface area contributed by atoms with Crippen molar-refractivity contribution in [2.45, 2.75) is 0 Å². The van der Waals surface area contributed by atoms with Gasteiger partial charge in [-0.25, -0.2) is 9.18 Å². The van der Waals surface area contributed by atoms with Crippen molar-refractivity contribution in [2.24, 2.45) is 5.16 Å². The van der Waals surface area contributed by atoms with Gasteiger partial charge in [0.2, 0.25) is 0 Å². The van der Waals surface area contributed by atoms with Gasteiger partial charge in [0.15, 0.2) is 0 Å². The Morgan fingerprint density at radius 3 is 2.68 bits per heavy atom. The number of hydrogen-bond acceptors (Lipinski definition) is 4. The Balaban J connectivity index is 1.85. The van der Waals surface area contributed by atoms with Gasteiger partial charge in [-0.3, -0.25) is 0 Å². The molecule has 19 heavy (non-hydrogen) atoms. The summed E-state index contributed by atoms with van der Waals surface area (Å²) in [4.78, 5) is 15.9. The van der Waals surface area contributed by atoms with Crippen LogP contribution in [0.15, 0.2) is 58.5 Å². The maximum Gasteiger partial charge on any atom is 0.358 e. The normalized spacial score (nSPS) is 11.2. The predicted octanol–water partition coefficient (Wildman–Crippen LogP) is 3.01. The fourth-order valence-corrected chi connectivity index (χ4v) is 1.26. The average molecular weight is 259 g/mol. The fourth-order valence-electron chi connectivity index (χ4n) is 1.26. The summed E-state index contributed by atoms with van der Waals surface area (Å²) in [6.45, 7) is 0. The Morgan fingerprint density at radius 1 is 1.21 bits per heavy atom. The van der Waals surface area contributed by atoms with Crippen molar-refractivity contribution in [1.29, 1.82) is 0 Å². The monoisotopic (exact) mass is 259 g/mol. The molecule has 96 valence electrons. The number of hydrogen-bond donors (Lipinski definition) is 0. The van der Waals surface area contributed by atoms with Gasteiger partial charge in [-0.2, -0.15) is 0 Å². The van der Waals surface area contributed by atoms with E-state index in [1.165, 1.54) is 43.0 Å². The summed E-state index contributed by atoms with van der Waals surface area (Å²) in [7, 11) is 0. The van der Waals surface area contributed by atoms with E-state index in [4.69, 9.17) is 4.42 Å². The third-order valence-electron chi connectivity index (χ3n) is 2.17. The van der Waals surface area contributed by atoms with E-state index < -0.39 is 5.97 Å². The largest absolute Gasteiger partial charge is 0.472 e. The first kappa shape index (κ1) is 12.8. The SMILES string of the molecule is O=C(C=Cc1ccc(F)cc1)ON=Cc1ccoc1. The molecule has 0 radical (unpaired) electrons. The Kier molecular flexibility index (Phi) is 4.23. The molecule has 2 aromatic rings. The Bertz CT molecular complexity index is 586. The lowest BCUT2D eigenvalue weighted by molar-refractivity contribution is -0.137. The highest BCUT2D eigenvalue weighted by molar-refractivity contribution is 5.87. The maximum absolute atomic E-state index is 12.6. The second-order valence-corrected chi connectivity index (χ2v) is 3.59. The molecule has 2 rings (SSSR count). The zero-order chi connectivity index (χ0) is 13.5. The highest BCUT2D eigenvalue weighted by Gasteiger charge is 1.96. The van der Waals surface area contributed by atoms with Crippen LogP contribution >= 0.6 is 0 Å². The van der Waals surface area contributed by atoms with Crippen LogP contribution in [0, 0.1) is 5.82 Å². The van der Waals surface area contributed by atoms with Crippen LogP contribution in [0.1, 0.15) is 11.1 Å². The summed E-state index contributed by atoms with van der Waals surface area (Å²) in [6.07, 6.45) is 7.02. The number of halogens is 1. The van der Waals surface area contributed by atoms with Crippen molar-refractivity contribution in [1.82, 2.24) is 0 Å². The van der Waals surface area contributed by atoms with E-state index in [-0.39, 0.29) is 5.82 Å². The third kappa shape index (κ3) is 4.23. The van der Waals surface area contributed by atoms with Crippen LogP contribution in [-0.2, 0) is 9.63 Å². The number of rotatable bonds is 4. The van der Waals surface area contributed by atoms with E-state index >= 15 is 0 Å². The van der Waals surface area contributed by atoms with E-state index in [2.05, 4.69) is 9.99 Å². The van der Waals surface area contributed by atoms with Gasteiger partial charge >= 0.3 is 5.97 Å². The predicted molar refractivity (Wildman–Crippen MR) is 67.8 cm³/mol. The molecule has 1 heterocycles. The van der Waals surface area contributed by atoms with E-state index in [1.807, 2.05) is 0 Å². The molecule has 0 aliphatic rings. The first-order chi connectivity index (χ1) is 9.24. The summed E-state index contributed by atoms with van der Waals surface area (Å²) in [5, 5.41) is 3.49. The quantitative estimate of drug-likeness (QED) is 0.367. The molecular formula is C14H10FNO3. The summed E-state index contributed by atoms with van der Waals surface area (Å²) in [5.41, 5.74) is 1.38. The van der Waals surface area contributed by atoms with Crippen LogP contribution in [0.3, 0.4) is 0 Å². The molecule has 0 bridgehead atoms. The topological polar surface area (TPSA) is 51.8 Å². The second kappa shape index (κ2) is 6.30. The number of carbonyl (C=O) groups excluding carboxylic acids is 1. The zero-order valence-corrected chi connectivity index (χ0v) is 9.82. The third-order valence-corrected chi connectivity index (χ3v) is 2.17. The van der Waals surface area contributed by atoms with Crippen molar-refractivity contribution in [3.05, 3.63) is 65.9 Å². The van der Waals surface area contributed by atoms with E-state index in [0.29, 0.717) is 11.1 Å². The Morgan fingerprint density at radius 2 is 2.00 bits per heavy atom. The number of nitrogens with zero attached hydrogens (tertiary/aromatic N) is 1. The zero-order valence-electron chi connectivity index (χ0n) is 9.82. The van der Waals surface area contributed by atoms with Crippen LogP contribution in [0.5, 0.6) is 0 Å². The standard InChI is InChI=1S/C14H10FNO3/c15-13-4-1-11(2-5-13)3-6-14(17)19-16-9-12-7-8-18-10-12/h1-10H. The first-order valence-corrected chi connectivity index (χ1v) is 5.44. The molecule has 0 aliphatic carbocycles. The highest BCUT2D eigenvalue weighted by atomic mass is 19.1. The molecule has 0 fully saturated rings. The first-order valence-electron chi connectivity index (χ1n) is 5.44. The van der Waals surface area contributed by atoms with Crippen molar-refractivity contribution < 1.29 is 18.4 Å². The minimum atomic E-state index is -0.621. The fraction of sp³-hybridized carbons (Fsp3) is 0. The van der Waals surface area contributed by atoms with Gasteiger partial charge < -0.3 is 9.25 Å². The molecule has 5 heteroatoms. The average Bonchev–Trinajstić information content (AvgIpc) is 2.91. The van der Waals surface area contributed by atoms with E-state index in [1.54, 1.807) is 18.2 Å². The summed E-state index contributed by atoms with van der Waals surface area (Å²) < 4.78 is 17.5. The summed E-state index contributed by atoms with van der Waals surface area (Å²) in [5.74, 6) is -0.950. The summed E-state index contributed by atoms with van der Waals surface area (Å²) >= 11 is 0.